The Morgan fingerprint density at radius 1 is 1.32 bits per heavy atom. The third-order valence-electron chi connectivity index (χ3n) is 3.48. The van der Waals surface area contributed by atoms with Crippen LogP contribution in [0.2, 0.25) is 5.02 Å². The quantitative estimate of drug-likeness (QED) is 0.415. The number of halogens is 1. The summed E-state index contributed by atoms with van der Waals surface area (Å²) in [6.07, 6.45) is 2.16. The highest BCUT2D eigenvalue weighted by Gasteiger charge is 2.02. The Kier molecular flexibility index (Phi) is 8.70. The van der Waals surface area contributed by atoms with E-state index in [0.717, 1.165) is 44.7 Å². The first-order valence-electron chi connectivity index (χ1n) is 7.73. The van der Waals surface area contributed by atoms with Crippen LogP contribution < -0.4 is 15.8 Å². The fourth-order valence-electron chi connectivity index (χ4n) is 2.12. The molecule has 0 saturated heterocycles. The number of rotatable bonds is 9. The van der Waals surface area contributed by atoms with Crippen LogP contribution in [0.4, 0.5) is 5.69 Å². The normalized spacial score (nSPS) is 11.8. The van der Waals surface area contributed by atoms with Crippen molar-refractivity contribution in [3.05, 3.63) is 23.2 Å². The topological polar surface area (TPSA) is 62.9 Å². The lowest BCUT2D eigenvalue weighted by Gasteiger charge is -2.17. The zero-order chi connectivity index (χ0) is 16.4. The minimum atomic E-state index is 0.407. The molecule has 0 aliphatic rings. The number of anilines is 1. The van der Waals surface area contributed by atoms with E-state index in [1.165, 1.54) is 0 Å². The Labute approximate surface area is 138 Å². The molecule has 124 valence electrons. The number of methoxy groups -OCH3 is 1. The molecule has 1 aromatic rings. The zero-order valence-electron chi connectivity index (χ0n) is 13.7. The first-order valence-corrected chi connectivity index (χ1v) is 8.11. The van der Waals surface area contributed by atoms with E-state index in [9.17, 15) is 0 Å². The number of hydrogen-bond donors (Lipinski definition) is 2. The molecule has 1 aromatic carbocycles. The molecule has 0 fully saturated rings. The summed E-state index contributed by atoms with van der Waals surface area (Å²) in [4.78, 5) is 6.74. The van der Waals surface area contributed by atoms with E-state index in [1.807, 2.05) is 6.07 Å². The molecule has 5 nitrogen and oxygen atoms in total. The third-order valence-corrected chi connectivity index (χ3v) is 3.78. The molecule has 0 amide bonds. The molecule has 0 aromatic heterocycles. The molecule has 0 aliphatic carbocycles. The number of guanidine groups is 1. The fourth-order valence-corrected chi connectivity index (χ4v) is 2.38. The van der Waals surface area contributed by atoms with Crippen molar-refractivity contribution < 1.29 is 4.74 Å². The number of aliphatic imine (C=N–C) groups is 1. The van der Waals surface area contributed by atoms with Crippen LogP contribution in [0.25, 0.3) is 0 Å². The Hall–Kier alpha value is -1.46. The summed E-state index contributed by atoms with van der Waals surface area (Å²) < 4.78 is 5.11. The molecule has 0 bridgehead atoms. The summed E-state index contributed by atoms with van der Waals surface area (Å²) in [6, 6.07) is 5.42. The highest BCUT2D eigenvalue weighted by atomic mass is 35.5. The fraction of sp³-hybridized carbons (Fsp3) is 0.562. The molecule has 6 heteroatoms. The van der Waals surface area contributed by atoms with Gasteiger partial charge in [0.25, 0.3) is 0 Å². The molecule has 1 rings (SSSR count). The van der Waals surface area contributed by atoms with Crippen molar-refractivity contribution in [3.8, 4) is 5.75 Å². The first-order chi connectivity index (χ1) is 10.6. The van der Waals surface area contributed by atoms with Crippen molar-refractivity contribution in [1.82, 2.24) is 4.90 Å². The van der Waals surface area contributed by atoms with Crippen LogP contribution in [0.1, 0.15) is 26.7 Å². The third kappa shape index (κ3) is 6.54. The van der Waals surface area contributed by atoms with Gasteiger partial charge in [0.15, 0.2) is 5.96 Å². The molecule has 22 heavy (non-hydrogen) atoms. The van der Waals surface area contributed by atoms with Crippen LogP contribution in [-0.4, -0.2) is 44.1 Å². The largest absolute Gasteiger partial charge is 0.495 e. The van der Waals surface area contributed by atoms with E-state index < -0.39 is 0 Å². The predicted molar refractivity (Wildman–Crippen MR) is 95.1 cm³/mol. The van der Waals surface area contributed by atoms with E-state index in [-0.39, 0.29) is 0 Å². The second kappa shape index (κ2) is 10.3. The number of benzene rings is 1. The lowest BCUT2D eigenvalue weighted by atomic mass is 10.3. The maximum Gasteiger partial charge on any atom is 0.193 e. The Morgan fingerprint density at radius 3 is 2.64 bits per heavy atom. The Morgan fingerprint density at radius 2 is 2.05 bits per heavy atom. The molecule has 3 N–H and O–H groups in total. The number of hydrogen-bond acceptors (Lipinski definition) is 3. The summed E-state index contributed by atoms with van der Waals surface area (Å²) in [7, 11) is 1.59. The maximum absolute atomic E-state index is 6.07. The summed E-state index contributed by atoms with van der Waals surface area (Å²) >= 11 is 6.07. The maximum atomic E-state index is 6.07. The Balaban J connectivity index is 2.35. The number of ether oxygens (including phenoxy) is 1. The van der Waals surface area contributed by atoms with E-state index in [2.05, 4.69) is 29.1 Å². The van der Waals surface area contributed by atoms with E-state index in [0.29, 0.717) is 16.7 Å². The van der Waals surface area contributed by atoms with Crippen molar-refractivity contribution in [2.24, 2.45) is 10.7 Å². The molecular weight excluding hydrogens is 300 g/mol. The van der Waals surface area contributed by atoms with E-state index >= 15 is 0 Å². The predicted octanol–water partition coefficient (Wildman–Crippen LogP) is 3.20. The smallest absolute Gasteiger partial charge is 0.193 e. The second-order valence-corrected chi connectivity index (χ2v) is 5.38. The molecular formula is C16H27ClN4O. The van der Waals surface area contributed by atoms with Crippen molar-refractivity contribution >= 4 is 23.2 Å². The molecule has 0 heterocycles. The minimum absolute atomic E-state index is 0.407. The second-order valence-electron chi connectivity index (χ2n) is 4.98. The number of nitrogens with zero attached hydrogens (tertiary/aromatic N) is 2. The average molecular weight is 327 g/mol. The SMILES string of the molecule is CCN(CC)CCCCN=C(N)Nc1ccc(OC)c(Cl)c1. The summed E-state index contributed by atoms with van der Waals surface area (Å²) in [5.41, 5.74) is 6.68. The lowest BCUT2D eigenvalue weighted by molar-refractivity contribution is 0.298. The van der Waals surface area contributed by atoms with Gasteiger partial charge >= 0.3 is 0 Å². The van der Waals surface area contributed by atoms with Crippen LogP contribution in [0.5, 0.6) is 5.75 Å². The van der Waals surface area contributed by atoms with Gasteiger partial charge in [0.2, 0.25) is 0 Å². The van der Waals surface area contributed by atoms with Crippen molar-refractivity contribution in [2.75, 3.05) is 38.6 Å². The van der Waals surface area contributed by atoms with E-state index in [1.54, 1.807) is 19.2 Å². The monoisotopic (exact) mass is 326 g/mol. The van der Waals surface area contributed by atoms with Gasteiger partial charge in [0, 0.05) is 12.2 Å². The van der Waals surface area contributed by atoms with Gasteiger partial charge in [0.05, 0.1) is 12.1 Å². The standard InChI is InChI=1S/C16H27ClN4O/c1-4-21(5-2)11-7-6-10-19-16(18)20-13-8-9-15(22-3)14(17)12-13/h8-9,12H,4-7,10-11H2,1-3H3,(H3,18,19,20). The van der Waals surface area contributed by atoms with Crippen LogP contribution in [0.3, 0.4) is 0 Å². The van der Waals surface area contributed by atoms with Gasteiger partial charge in [-0.05, 0) is 50.7 Å². The summed E-state index contributed by atoms with van der Waals surface area (Å²) in [5.74, 6) is 1.04. The molecule has 0 spiro atoms. The number of nitrogens with two attached hydrogens (primary N) is 1. The van der Waals surface area contributed by atoms with Crippen molar-refractivity contribution in [1.29, 1.82) is 0 Å². The molecule has 0 saturated carbocycles. The van der Waals surface area contributed by atoms with Crippen LogP contribution in [0, 0.1) is 0 Å². The molecule has 0 atom stereocenters. The highest BCUT2D eigenvalue weighted by Crippen LogP contribution is 2.26. The van der Waals surface area contributed by atoms with Crippen LogP contribution >= 0.6 is 11.6 Å². The highest BCUT2D eigenvalue weighted by molar-refractivity contribution is 6.32. The van der Waals surface area contributed by atoms with Crippen LogP contribution in [0.15, 0.2) is 23.2 Å². The number of unbranched alkanes of at least 4 members (excludes halogenated alkanes) is 1. The van der Waals surface area contributed by atoms with Gasteiger partial charge < -0.3 is 20.7 Å². The van der Waals surface area contributed by atoms with E-state index in [4.69, 9.17) is 22.1 Å². The van der Waals surface area contributed by atoms with Gasteiger partial charge in [-0.25, -0.2) is 0 Å². The zero-order valence-corrected chi connectivity index (χ0v) is 14.5. The van der Waals surface area contributed by atoms with Gasteiger partial charge in [-0.15, -0.1) is 0 Å². The summed E-state index contributed by atoms with van der Waals surface area (Å²) in [5, 5.41) is 3.57. The van der Waals surface area contributed by atoms with Gasteiger partial charge in [-0.3, -0.25) is 4.99 Å². The summed E-state index contributed by atoms with van der Waals surface area (Å²) in [6.45, 7) is 8.41. The molecule has 0 aliphatic heterocycles. The van der Waals surface area contributed by atoms with Gasteiger partial charge in [-0.1, -0.05) is 25.4 Å². The Bertz CT molecular complexity index is 475. The van der Waals surface area contributed by atoms with Crippen molar-refractivity contribution in [3.63, 3.8) is 0 Å². The molecule has 0 radical (unpaired) electrons. The first kappa shape index (κ1) is 18.6. The lowest BCUT2D eigenvalue weighted by Crippen LogP contribution is -2.24. The molecule has 0 unspecified atom stereocenters. The van der Waals surface area contributed by atoms with Gasteiger partial charge in [-0.2, -0.15) is 0 Å². The van der Waals surface area contributed by atoms with Crippen LogP contribution in [-0.2, 0) is 0 Å². The van der Waals surface area contributed by atoms with Crippen molar-refractivity contribution in [2.45, 2.75) is 26.7 Å². The number of nitrogens with one attached hydrogen (secondary N) is 1. The minimum Gasteiger partial charge on any atom is -0.495 e. The van der Waals surface area contributed by atoms with Gasteiger partial charge in [0.1, 0.15) is 5.75 Å². The average Bonchev–Trinajstić information content (AvgIpc) is 2.51.